The van der Waals surface area contributed by atoms with Gasteiger partial charge in [-0.05, 0) is 0 Å². The van der Waals surface area contributed by atoms with Gasteiger partial charge in [0.1, 0.15) is 0 Å². The Bertz CT molecular complexity index is 767. The number of carbonyl (C=O) groups is 2. The average molecular weight is 282 g/mol. The molecule has 2 fully saturated rings. The van der Waals surface area contributed by atoms with Gasteiger partial charge in [-0.1, -0.05) is 18.2 Å². The van der Waals surface area contributed by atoms with E-state index in [1.807, 2.05) is 5.32 Å². The van der Waals surface area contributed by atoms with Gasteiger partial charge >= 0.3 is 0 Å². The van der Waals surface area contributed by atoms with Gasteiger partial charge in [-0.15, -0.1) is 0 Å². The predicted molar refractivity (Wildman–Crippen MR) is 65.1 cm³/mol. The molecule has 0 aromatic heterocycles. The van der Waals surface area contributed by atoms with Crippen molar-refractivity contribution in [2.75, 3.05) is 0 Å². The van der Waals surface area contributed by atoms with Crippen molar-refractivity contribution in [2.24, 2.45) is 10.8 Å². The highest BCUT2D eigenvalue weighted by Gasteiger charge is 2.91. The van der Waals surface area contributed by atoms with Gasteiger partial charge in [0, 0.05) is 11.6 Å². The molecule has 0 spiro atoms. The fraction of sp³-hybridized carbons (Fsp3) is 0.231. The summed E-state index contributed by atoms with van der Waals surface area (Å²) >= 11 is 0. The summed E-state index contributed by atoms with van der Waals surface area (Å²) in [5.41, 5.74) is -4.04. The van der Waals surface area contributed by atoms with E-state index in [-0.39, 0.29) is 11.3 Å². The van der Waals surface area contributed by atoms with Crippen LogP contribution >= 0.6 is 0 Å². The Morgan fingerprint density at radius 3 is 2.14 bits per heavy atom. The first-order valence-electron chi connectivity index (χ1n) is 5.89. The van der Waals surface area contributed by atoms with E-state index < -0.39 is 33.5 Å². The summed E-state index contributed by atoms with van der Waals surface area (Å²) in [6.07, 6.45) is 0. The second kappa shape index (κ2) is 3.64. The molecule has 8 heteroatoms. The Labute approximate surface area is 117 Å². The van der Waals surface area contributed by atoms with E-state index in [1.54, 1.807) is 12.1 Å². The molecule has 3 atom stereocenters. The lowest BCUT2D eigenvalue weighted by atomic mass is 9.98. The SMILES string of the molecule is N#C[C@@]12C(=O)NC(=O)[C@]1(C#N)C2c1ccccc1[N+](=O)[O-]. The number of para-hydroxylation sites is 1. The second-order valence-electron chi connectivity index (χ2n) is 4.87. The fourth-order valence-corrected chi connectivity index (χ4v) is 3.17. The first-order chi connectivity index (χ1) is 9.97. The van der Waals surface area contributed by atoms with Gasteiger partial charge < -0.3 is 0 Å². The van der Waals surface area contributed by atoms with Crippen LogP contribution in [0.3, 0.4) is 0 Å². The van der Waals surface area contributed by atoms with E-state index >= 15 is 0 Å². The van der Waals surface area contributed by atoms with Crippen LogP contribution in [0.25, 0.3) is 0 Å². The van der Waals surface area contributed by atoms with E-state index in [0.29, 0.717) is 0 Å². The van der Waals surface area contributed by atoms with Crippen molar-refractivity contribution in [2.45, 2.75) is 5.92 Å². The number of carbonyl (C=O) groups excluding carboxylic acids is 2. The van der Waals surface area contributed by atoms with Gasteiger partial charge in [0.25, 0.3) is 5.69 Å². The van der Waals surface area contributed by atoms with Crippen molar-refractivity contribution in [3.05, 3.63) is 39.9 Å². The zero-order chi connectivity index (χ0) is 15.4. The highest BCUT2D eigenvalue weighted by atomic mass is 16.6. The minimum absolute atomic E-state index is 0.0498. The topological polar surface area (TPSA) is 137 Å². The minimum Gasteiger partial charge on any atom is -0.293 e. The first-order valence-corrected chi connectivity index (χ1v) is 5.89. The number of fused-ring (bicyclic) bond motifs is 1. The van der Waals surface area contributed by atoms with E-state index in [1.165, 1.54) is 24.3 Å². The molecule has 1 heterocycles. The summed E-state index contributed by atoms with van der Waals surface area (Å²) in [5, 5.41) is 31.7. The van der Waals surface area contributed by atoms with Crippen molar-refractivity contribution >= 4 is 17.5 Å². The van der Waals surface area contributed by atoms with Crippen LogP contribution in [0.2, 0.25) is 0 Å². The second-order valence-corrected chi connectivity index (χ2v) is 4.87. The van der Waals surface area contributed by atoms with Crippen molar-refractivity contribution in [3.63, 3.8) is 0 Å². The number of nitrogens with one attached hydrogen (secondary N) is 1. The van der Waals surface area contributed by atoms with Gasteiger partial charge in [0.05, 0.1) is 23.0 Å². The van der Waals surface area contributed by atoms with Crippen LogP contribution in [0.4, 0.5) is 5.69 Å². The number of amides is 2. The molecule has 3 rings (SSSR count). The summed E-state index contributed by atoms with van der Waals surface area (Å²) in [5.74, 6) is -2.87. The molecule has 1 saturated carbocycles. The van der Waals surface area contributed by atoms with E-state index in [2.05, 4.69) is 0 Å². The molecular weight excluding hydrogens is 276 g/mol. The molecule has 1 unspecified atom stereocenters. The smallest absolute Gasteiger partial charge is 0.273 e. The lowest BCUT2D eigenvalue weighted by molar-refractivity contribution is -0.385. The molecule has 102 valence electrons. The van der Waals surface area contributed by atoms with E-state index in [9.17, 15) is 30.2 Å². The van der Waals surface area contributed by atoms with Crippen LogP contribution in [0.1, 0.15) is 11.5 Å². The Hall–Kier alpha value is -3.26. The van der Waals surface area contributed by atoms with Crippen molar-refractivity contribution in [1.29, 1.82) is 10.5 Å². The van der Waals surface area contributed by atoms with Crippen molar-refractivity contribution in [1.82, 2.24) is 5.32 Å². The monoisotopic (exact) mass is 282 g/mol. The van der Waals surface area contributed by atoms with E-state index in [4.69, 9.17) is 0 Å². The van der Waals surface area contributed by atoms with Crippen LogP contribution in [0.15, 0.2) is 24.3 Å². The normalized spacial score (nSPS) is 32.6. The molecule has 8 nitrogen and oxygen atoms in total. The molecule has 1 aliphatic carbocycles. The number of imide groups is 1. The minimum atomic E-state index is -1.88. The Kier molecular flexibility index (Phi) is 2.21. The molecule has 1 aromatic carbocycles. The number of nitro benzene ring substituents is 1. The number of nitro groups is 1. The fourth-order valence-electron chi connectivity index (χ4n) is 3.17. The molecule has 0 radical (unpaired) electrons. The number of hydrogen-bond acceptors (Lipinski definition) is 6. The van der Waals surface area contributed by atoms with Crippen LogP contribution in [0.5, 0.6) is 0 Å². The molecule has 2 amide bonds. The number of rotatable bonds is 2. The Morgan fingerprint density at radius 1 is 1.14 bits per heavy atom. The highest BCUT2D eigenvalue weighted by Crippen LogP contribution is 2.77. The summed E-state index contributed by atoms with van der Waals surface area (Å²) in [7, 11) is 0. The lowest BCUT2D eigenvalue weighted by Gasteiger charge is -2.07. The molecule has 1 aromatic rings. The van der Waals surface area contributed by atoms with Crippen LogP contribution in [0, 0.1) is 43.6 Å². The van der Waals surface area contributed by atoms with Gasteiger partial charge in [-0.25, -0.2) is 0 Å². The van der Waals surface area contributed by atoms with Gasteiger partial charge in [-0.2, -0.15) is 10.5 Å². The van der Waals surface area contributed by atoms with Crippen molar-refractivity contribution in [3.8, 4) is 12.1 Å². The first kappa shape index (κ1) is 12.8. The van der Waals surface area contributed by atoms with Crippen LogP contribution in [-0.4, -0.2) is 16.7 Å². The zero-order valence-electron chi connectivity index (χ0n) is 10.4. The Morgan fingerprint density at radius 2 is 1.67 bits per heavy atom. The van der Waals surface area contributed by atoms with Gasteiger partial charge in [-0.3, -0.25) is 25.0 Å². The molecule has 1 N–H and O–H groups in total. The number of hydrogen-bond donors (Lipinski definition) is 1. The lowest BCUT2D eigenvalue weighted by Crippen LogP contribution is -2.31. The number of nitrogens with zero attached hydrogens (tertiary/aromatic N) is 3. The van der Waals surface area contributed by atoms with Crippen LogP contribution < -0.4 is 5.32 Å². The number of benzene rings is 1. The molecule has 0 bridgehead atoms. The largest absolute Gasteiger partial charge is 0.293 e. The quantitative estimate of drug-likeness (QED) is 0.472. The zero-order valence-corrected chi connectivity index (χ0v) is 10.4. The summed E-state index contributed by atoms with van der Waals surface area (Å²) < 4.78 is 0. The molecule has 1 saturated heterocycles. The van der Waals surface area contributed by atoms with E-state index in [0.717, 1.165) is 0 Å². The number of nitriles is 2. The summed E-state index contributed by atoms with van der Waals surface area (Å²) in [4.78, 5) is 34.3. The predicted octanol–water partition coefficient (Wildman–Crippen LogP) is 0.368. The molecule has 2 aliphatic rings. The third-order valence-electron chi connectivity index (χ3n) is 4.15. The maximum atomic E-state index is 11.9. The molecule has 1 aliphatic heterocycles. The average Bonchev–Trinajstić information content (AvgIpc) is 3.04. The summed E-state index contributed by atoms with van der Waals surface area (Å²) in [6, 6.07) is 8.94. The molecular formula is C13H6N4O4. The highest BCUT2D eigenvalue weighted by molar-refractivity contribution is 6.19. The van der Waals surface area contributed by atoms with Gasteiger partial charge in [0.15, 0.2) is 10.8 Å². The van der Waals surface area contributed by atoms with Crippen LogP contribution in [-0.2, 0) is 9.59 Å². The van der Waals surface area contributed by atoms with Crippen molar-refractivity contribution < 1.29 is 14.5 Å². The standard InChI is InChI=1S/C13H6N4O4/c14-5-12-9(7-3-1-2-4-8(7)17(20)21)13(12,6-15)11(19)16-10(12)18/h1-4,9H,(H,16,18,19)/t9?,12-,13+. The van der Waals surface area contributed by atoms with Gasteiger partial charge in [0.2, 0.25) is 11.8 Å². The maximum absolute atomic E-state index is 11.9. The summed E-state index contributed by atoms with van der Waals surface area (Å²) in [6.45, 7) is 0. The third-order valence-corrected chi connectivity index (χ3v) is 4.15. The number of piperidine rings is 1. The maximum Gasteiger partial charge on any atom is 0.273 e. The third kappa shape index (κ3) is 1.13. The Balaban J connectivity index is 2.26. The molecule has 21 heavy (non-hydrogen) atoms.